The molecule has 2 N–H and O–H groups in total. The minimum absolute atomic E-state index is 0.450. The SMILES string of the molecule is NC1(OC=O)CCCCC1. The first-order chi connectivity index (χ1) is 4.77. The van der Waals surface area contributed by atoms with E-state index in [9.17, 15) is 4.79 Å². The number of hydrogen-bond acceptors (Lipinski definition) is 3. The quantitative estimate of drug-likeness (QED) is 0.459. The second-order valence-corrected chi connectivity index (χ2v) is 2.84. The predicted octanol–water partition coefficient (Wildman–Crippen LogP) is 0.778. The molecule has 0 amide bonds. The molecule has 0 aliphatic heterocycles. The predicted molar refractivity (Wildman–Crippen MR) is 37.2 cm³/mol. The second kappa shape index (κ2) is 3.01. The van der Waals surface area contributed by atoms with Crippen LogP contribution in [0.3, 0.4) is 0 Å². The van der Waals surface area contributed by atoms with Gasteiger partial charge in [0.1, 0.15) is 0 Å². The Hall–Kier alpha value is -0.570. The molecular weight excluding hydrogens is 130 g/mol. The summed E-state index contributed by atoms with van der Waals surface area (Å²) < 4.78 is 4.77. The molecule has 3 nitrogen and oxygen atoms in total. The fourth-order valence-corrected chi connectivity index (χ4v) is 1.36. The molecule has 0 unspecified atom stereocenters. The Bertz CT molecular complexity index is 119. The molecule has 10 heavy (non-hydrogen) atoms. The summed E-state index contributed by atoms with van der Waals surface area (Å²) >= 11 is 0. The van der Waals surface area contributed by atoms with Crippen molar-refractivity contribution in [1.82, 2.24) is 0 Å². The van der Waals surface area contributed by atoms with Crippen molar-refractivity contribution in [3.8, 4) is 0 Å². The summed E-state index contributed by atoms with van der Waals surface area (Å²) in [5.74, 6) is 0. The molecule has 0 aromatic carbocycles. The van der Waals surface area contributed by atoms with Gasteiger partial charge in [-0.25, -0.2) is 0 Å². The number of rotatable bonds is 2. The number of carbonyl (C=O) groups is 1. The fraction of sp³-hybridized carbons (Fsp3) is 0.857. The smallest absolute Gasteiger partial charge is 0.294 e. The van der Waals surface area contributed by atoms with Crippen LogP contribution in [-0.2, 0) is 9.53 Å². The Morgan fingerprint density at radius 2 is 1.90 bits per heavy atom. The zero-order valence-corrected chi connectivity index (χ0v) is 6.01. The van der Waals surface area contributed by atoms with Crippen LogP contribution in [0.4, 0.5) is 0 Å². The van der Waals surface area contributed by atoms with Crippen molar-refractivity contribution in [2.24, 2.45) is 5.73 Å². The third-order valence-corrected chi connectivity index (χ3v) is 1.98. The first-order valence-electron chi connectivity index (χ1n) is 3.67. The summed E-state index contributed by atoms with van der Waals surface area (Å²) in [5, 5.41) is 0. The largest absolute Gasteiger partial charge is 0.446 e. The van der Waals surface area contributed by atoms with Crippen LogP contribution in [0.25, 0.3) is 0 Å². The van der Waals surface area contributed by atoms with Gasteiger partial charge in [0.25, 0.3) is 6.47 Å². The monoisotopic (exact) mass is 143 g/mol. The highest BCUT2D eigenvalue weighted by molar-refractivity contribution is 5.38. The lowest BCUT2D eigenvalue weighted by Crippen LogP contribution is -2.44. The van der Waals surface area contributed by atoms with Crippen molar-refractivity contribution in [1.29, 1.82) is 0 Å². The highest BCUT2D eigenvalue weighted by Gasteiger charge is 2.28. The van der Waals surface area contributed by atoms with Crippen molar-refractivity contribution in [2.75, 3.05) is 0 Å². The minimum Gasteiger partial charge on any atom is -0.446 e. The van der Waals surface area contributed by atoms with Crippen LogP contribution < -0.4 is 5.73 Å². The van der Waals surface area contributed by atoms with Gasteiger partial charge >= 0.3 is 0 Å². The highest BCUT2D eigenvalue weighted by atomic mass is 16.5. The molecular formula is C7H13NO2. The Morgan fingerprint density at radius 3 is 2.40 bits per heavy atom. The number of nitrogens with two attached hydrogens (primary N) is 1. The second-order valence-electron chi connectivity index (χ2n) is 2.84. The summed E-state index contributed by atoms with van der Waals surface area (Å²) in [6.07, 6.45) is 4.98. The van der Waals surface area contributed by atoms with Gasteiger partial charge in [-0.2, -0.15) is 0 Å². The van der Waals surface area contributed by atoms with E-state index in [-0.39, 0.29) is 0 Å². The fourth-order valence-electron chi connectivity index (χ4n) is 1.36. The van der Waals surface area contributed by atoms with E-state index in [0.29, 0.717) is 6.47 Å². The zero-order chi connectivity index (χ0) is 7.45. The van der Waals surface area contributed by atoms with Crippen molar-refractivity contribution in [3.63, 3.8) is 0 Å². The Balaban J connectivity index is 2.39. The van der Waals surface area contributed by atoms with Crippen LogP contribution in [0.5, 0.6) is 0 Å². The summed E-state index contributed by atoms with van der Waals surface area (Å²) in [6.45, 7) is 0.450. The van der Waals surface area contributed by atoms with Crippen LogP contribution in [-0.4, -0.2) is 12.2 Å². The molecule has 0 bridgehead atoms. The third kappa shape index (κ3) is 1.70. The molecule has 3 heteroatoms. The molecule has 1 fully saturated rings. The maximum Gasteiger partial charge on any atom is 0.294 e. The zero-order valence-electron chi connectivity index (χ0n) is 6.01. The molecule has 0 aromatic heterocycles. The van der Waals surface area contributed by atoms with Crippen LogP contribution in [0.2, 0.25) is 0 Å². The normalized spacial score (nSPS) is 23.7. The summed E-state index contributed by atoms with van der Waals surface area (Å²) in [4.78, 5) is 9.98. The van der Waals surface area contributed by atoms with Crippen LogP contribution in [0, 0.1) is 0 Å². The lowest BCUT2D eigenvalue weighted by molar-refractivity contribution is -0.146. The molecule has 0 radical (unpaired) electrons. The lowest BCUT2D eigenvalue weighted by atomic mass is 9.92. The van der Waals surface area contributed by atoms with E-state index >= 15 is 0 Å². The summed E-state index contributed by atoms with van der Waals surface area (Å²) in [7, 11) is 0. The van der Waals surface area contributed by atoms with Crippen molar-refractivity contribution in [3.05, 3.63) is 0 Å². The van der Waals surface area contributed by atoms with E-state index in [1.807, 2.05) is 0 Å². The number of carbonyl (C=O) groups excluding carboxylic acids is 1. The highest BCUT2D eigenvalue weighted by Crippen LogP contribution is 2.25. The molecule has 58 valence electrons. The standard InChI is InChI=1S/C7H13NO2/c8-7(10-6-9)4-2-1-3-5-7/h6H,1-5,8H2. The van der Waals surface area contributed by atoms with Gasteiger partial charge in [-0.3, -0.25) is 10.5 Å². The molecule has 0 saturated heterocycles. The minimum atomic E-state index is -0.639. The summed E-state index contributed by atoms with van der Waals surface area (Å²) in [5.41, 5.74) is 5.08. The van der Waals surface area contributed by atoms with E-state index in [1.54, 1.807) is 0 Å². The van der Waals surface area contributed by atoms with Crippen molar-refractivity contribution >= 4 is 6.47 Å². The first kappa shape index (κ1) is 7.54. The third-order valence-electron chi connectivity index (χ3n) is 1.98. The lowest BCUT2D eigenvalue weighted by Gasteiger charge is -2.30. The Morgan fingerprint density at radius 1 is 1.30 bits per heavy atom. The van der Waals surface area contributed by atoms with Crippen molar-refractivity contribution < 1.29 is 9.53 Å². The van der Waals surface area contributed by atoms with E-state index < -0.39 is 5.72 Å². The van der Waals surface area contributed by atoms with Crippen molar-refractivity contribution in [2.45, 2.75) is 37.8 Å². The maximum atomic E-state index is 9.98. The molecule has 1 rings (SSSR count). The Labute approximate surface area is 60.5 Å². The van der Waals surface area contributed by atoms with Gasteiger partial charge in [-0.15, -0.1) is 0 Å². The average Bonchev–Trinajstić information content (AvgIpc) is 1.89. The van der Waals surface area contributed by atoms with Gasteiger partial charge in [-0.05, 0) is 12.8 Å². The van der Waals surface area contributed by atoms with Gasteiger partial charge in [0.15, 0.2) is 5.72 Å². The first-order valence-corrected chi connectivity index (χ1v) is 3.67. The van der Waals surface area contributed by atoms with Gasteiger partial charge in [-0.1, -0.05) is 6.42 Å². The number of hydrogen-bond donors (Lipinski definition) is 1. The van der Waals surface area contributed by atoms with Gasteiger partial charge in [0.2, 0.25) is 0 Å². The van der Waals surface area contributed by atoms with Crippen LogP contribution >= 0.6 is 0 Å². The van der Waals surface area contributed by atoms with E-state index in [1.165, 1.54) is 6.42 Å². The van der Waals surface area contributed by atoms with E-state index in [0.717, 1.165) is 25.7 Å². The molecule has 0 atom stereocenters. The molecule has 1 aliphatic rings. The van der Waals surface area contributed by atoms with Crippen LogP contribution in [0.1, 0.15) is 32.1 Å². The number of ether oxygens (including phenoxy) is 1. The molecule has 0 spiro atoms. The summed E-state index contributed by atoms with van der Waals surface area (Å²) in [6, 6.07) is 0. The molecule has 0 heterocycles. The van der Waals surface area contributed by atoms with Crippen LogP contribution in [0.15, 0.2) is 0 Å². The molecule has 1 aliphatic carbocycles. The molecule has 1 saturated carbocycles. The van der Waals surface area contributed by atoms with E-state index in [4.69, 9.17) is 10.5 Å². The van der Waals surface area contributed by atoms with Gasteiger partial charge < -0.3 is 4.74 Å². The van der Waals surface area contributed by atoms with E-state index in [2.05, 4.69) is 0 Å². The average molecular weight is 143 g/mol. The maximum absolute atomic E-state index is 9.98. The van der Waals surface area contributed by atoms with Gasteiger partial charge in [0, 0.05) is 12.8 Å². The molecule has 0 aromatic rings. The Kier molecular flexibility index (Phi) is 2.27. The van der Waals surface area contributed by atoms with Gasteiger partial charge in [0.05, 0.1) is 0 Å². The topological polar surface area (TPSA) is 52.3 Å².